The summed E-state index contributed by atoms with van der Waals surface area (Å²) in [6.45, 7) is 2.05. The van der Waals surface area contributed by atoms with Gasteiger partial charge >= 0.3 is 0 Å². The Hall–Kier alpha value is -5.86. The van der Waals surface area contributed by atoms with Crippen molar-refractivity contribution >= 4 is 43.2 Å². The highest BCUT2D eigenvalue weighted by Gasteiger charge is 2.42. The smallest absolute Gasteiger partial charge is 0.182 e. The van der Waals surface area contributed by atoms with Crippen LogP contribution in [0.15, 0.2) is 194 Å². The number of allylic oxidation sites excluding steroid dienone is 1. The number of aromatic nitrogens is 4. The van der Waals surface area contributed by atoms with E-state index in [0.29, 0.717) is 11.5 Å². The SMILES string of the molecule is C/C=C(\I)c1cc(NC(c2ccccc2)(c2ccccc2)c2ccccc2)nc2c1nnn2C(c1ccccc1)(c1ccccc1)c1ccccc1. The number of rotatable bonds is 10. The van der Waals surface area contributed by atoms with Gasteiger partial charge in [0, 0.05) is 9.14 Å². The molecule has 6 heteroatoms. The zero-order valence-electron chi connectivity index (χ0n) is 28.6. The van der Waals surface area contributed by atoms with Crippen molar-refractivity contribution in [2.45, 2.75) is 18.0 Å². The lowest BCUT2D eigenvalue weighted by Crippen LogP contribution is -2.39. The first-order valence-corrected chi connectivity index (χ1v) is 18.4. The maximum absolute atomic E-state index is 5.51. The fourth-order valence-corrected chi connectivity index (χ4v) is 7.82. The summed E-state index contributed by atoms with van der Waals surface area (Å²) >= 11 is 2.40. The van der Waals surface area contributed by atoms with E-state index in [9.17, 15) is 0 Å². The fraction of sp³-hybridized carbons (Fsp3) is 0.0652. The van der Waals surface area contributed by atoms with E-state index < -0.39 is 11.1 Å². The average molecular weight is 786 g/mol. The molecule has 6 aromatic carbocycles. The van der Waals surface area contributed by atoms with E-state index in [1.165, 1.54) is 0 Å². The predicted octanol–water partition coefficient (Wildman–Crippen LogP) is 10.9. The maximum atomic E-state index is 5.51. The van der Waals surface area contributed by atoms with E-state index in [1.807, 2.05) is 22.9 Å². The second-order valence-electron chi connectivity index (χ2n) is 12.6. The van der Waals surface area contributed by atoms with Crippen LogP contribution in [-0.4, -0.2) is 20.0 Å². The quantitative estimate of drug-likeness (QED) is 0.111. The van der Waals surface area contributed by atoms with Gasteiger partial charge in [-0.25, -0.2) is 9.67 Å². The lowest BCUT2D eigenvalue weighted by Gasteiger charge is -2.38. The first-order chi connectivity index (χ1) is 25.7. The van der Waals surface area contributed by atoms with Crippen molar-refractivity contribution in [3.05, 3.63) is 233 Å². The van der Waals surface area contributed by atoms with Crippen LogP contribution >= 0.6 is 22.6 Å². The van der Waals surface area contributed by atoms with Gasteiger partial charge in [0.2, 0.25) is 0 Å². The number of nitrogens with zero attached hydrogens (tertiary/aromatic N) is 4. The molecule has 0 aliphatic heterocycles. The lowest BCUT2D eigenvalue weighted by atomic mass is 9.77. The third-order valence-electron chi connectivity index (χ3n) is 9.75. The molecule has 1 N–H and O–H groups in total. The molecule has 8 aromatic rings. The minimum Gasteiger partial charge on any atom is -0.353 e. The lowest BCUT2D eigenvalue weighted by molar-refractivity contribution is 0.457. The molecule has 0 radical (unpaired) electrons. The number of pyridine rings is 1. The van der Waals surface area contributed by atoms with Gasteiger partial charge in [0.15, 0.2) is 5.65 Å². The van der Waals surface area contributed by atoms with Crippen LogP contribution in [0.25, 0.3) is 14.7 Å². The summed E-state index contributed by atoms with van der Waals surface area (Å²) < 4.78 is 3.07. The van der Waals surface area contributed by atoms with E-state index in [4.69, 9.17) is 15.3 Å². The summed E-state index contributed by atoms with van der Waals surface area (Å²) in [5, 5.41) is 14.0. The van der Waals surface area contributed by atoms with Crippen molar-refractivity contribution in [3.63, 3.8) is 0 Å². The van der Waals surface area contributed by atoms with Gasteiger partial charge in [-0.1, -0.05) is 193 Å². The fourth-order valence-electron chi connectivity index (χ4n) is 7.41. The molecule has 0 atom stereocenters. The van der Waals surface area contributed by atoms with Gasteiger partial charge in [0.25, 0.3) is 0 Å². The second-order valence-corrected chi connectivity index (χ2v) is 13.8. The minimum absolute atomic E-state index is 0.663. The number of benzene rings is 6. The van der Waals surface area contributed by atoms with E-state index in [2.05, 4.69) is 211 Å². The van der Waals surface area contributed by atoms with Crippen LogP contribution in [0.2, 0.25) is 0 Å². The highest BCUT2D eigenvalue weighted by molar-refractivity contribution is 14.1. The Labute approximate surface area is 317 Å². The van der Waals surface area contributed by atoms with Crippen molar-refractivity contribution in [2.75, 3.05) is 5.32 Å². The van der Waals surface area contributed by atoms with Crippen molar-refractivity contribution < 1.29 is 0 Å². The Bertz CT molecular complexity index is 2240. The highest BCUT2D eigenvalue weighted by atomic mass is 127. The Balaban J connectivity index is 1.47. The van der Waals surface area contributed by atoms with Crippen LogP contribution in [0.5, 0.6) is 0 Å². The monoisotopic (exact) mass is 785 g/mol. The maximum Gasteiger partial charge on any atom is 0.182 e. The molecule has 0 bridgehead atoms. The highest BCUT2D eigenvalue weighted by Crippen LogP contribution is 2.44. The average Bonchev–Trinajstić information content (AvgIpc) is 3.66. The Morgan fingerprint density at radius 1 is 0.558 bits per heavy atom. The van der Waals surface area contributed by atoms with Crippen LogP contribution in [0.4, 0.5) is 5.82 Å². The molecule has 0 aliphatic carbocycles. The summed E-state index contributed by atoms with van der Waals surface area (Å²) in [7, 11) is 0. The van der Waals surface area contributed by atoms with Crippen LogP contribution in [0.3, 0.4) is 0 Å². The van der Waals surface area contributed by atoms with Crippen molar-refractivity contribution in [1.82, 2.24) is 20.0 Å². The van der Waals surface area contributed by atoms with Gasteiger partial charge in [-0.2, -0.15) is 0 Å². The third-order valence-corrected chi connectivity index (χ3v) is 11.0. The predicted molar refractivity (Wildman–Crippen MR) is 220 cm³/mol. The molecule has 8 rings (SSSR count). The standard InChI is InChI=1S/C46H36IN5/c1-2-41(47)40-33-42(49-45(34-21-9-3-10-22-34,35-23-11-4-12-24-35)36-25-13-5-14-26-36)48-44-43(40)50-51-52(44)46(37-27-15-6-16-28-37,38-29-17-7-18-30-38)39-31-19-8-20-32-39/h2-33H,1H3,(H,48,49)/b41-2-. The van der Waals surface area contributed by atoms with Gasteiger partial charge < -0.3 is 5.32 Å². The summed E-state index contributed by atoms with van der Waals surface area (Å²) in [6, 6.07) is 65.5. The molecule has 0 aliphatic rings. The van der Waals surface area contributed by atoms with Gasteiger partial charge in [-0.15, -0.1) is 5.10 Å². The van der Waals surface area contributed by atoms with E-state index >= 15 is 0 Å². The normalized spacial score (nSPS) is 12.2. The molecule has 2 aromatic heterocycles. The van der Waals surface area contributed by atoms with Crippen molar-refractivity contribution in [2.24, 2.45) is 0 Å². The zero-order chi connectivity index (χ0) is 35.4. The molecule has 0 fully saturated rings. The van der Waals surface area contributed by atoms with Gasteiger partial charge in [-0.3, -0.25) is 0 Å². The number of anilines is 1. The van der Waals surface area contributed by atoms with Crippen LogP contribution in [0.1, 0.15) is 45.9 Å². The van der Waals surface area contributed by atoms with Crippen LogP contribution < -0.4 is 5.32 Å². The number of nitrogens with one attached hydrogen (secondary N) is 1. The van der Waals surface area contributed by atoms with E-state index in [0.717, 1.165) is 48.0 Å². The molecule has 0 spiro atoms. The van der Waals surface area contributed by atoms with Crippen molar-refractivity contribution in [1.29, 1.82) is 0 Å². The summed E-state index contributed by atoms with van der Waals surface area (Å²) in [5.74, 6) is 0.696. The second kappa shape index (κ2) is 14.4. The third kappa shape index (κ3) is 5.69. The van der Waals surface area contributed by atoms with Crippen molar-refractivity contribution in [3.8, 4) is 0 Å². The number of halogens is 1. The molecule has 2 heterocycles. The molecule has 0 unspecified atom stereocenters. The molecule has 0 saturated carbocycles. The number of hydrogen-bond donors (Lipinski definition) is 1. The Morgan fingerprint density at radius 3 is 1.29 bits per heavy atom. The molecule has 5 nitrogen and oxygen atoms in total. The Morgan fingerprint density at radius 2 is 0.923 bits per heavy atom. The van der Waals surface area contributed by atoms with Gasteiger partial charge in [0.05, 0.1) is 0 Å². The first-order valence-electron chi connectivity index (χ1n) is 17.4. The molecule has 0 saturated heterocycles. The number of hydrogen-bond acceptors (Lipinski definition) is 4. The molecular weight excluding hydrogens is 749 g/mol. The zero-order valence-corrected chi connectivity index (χ0v) is 30.8. The topological polar surface area (TPSA) is 55.6 Å². The largest absolute Gasteiger partial charge is 0.353 e. The van der Waals surface area contributed by atoms with E-state index in [-0.39, 0.29) is 0 Å². The number of fused-ring (bicyclic) bond motifs is 1. The summed E-state index contributed by atoms with van der Waals surface area (Å²) in [5.41, 5.74) is 7.10. The van der Waals surface area contributed by atoms with Crippen LogP contribution in [-0.2, 0) is 11.1 Å². The molecular formula is C46H36IN5. The summed E-state index contributed by atoms with van der Waals surface area (Å²) in [4.78, 5) is 5.51. The van der Waals surface area contributed by atoms with Crippen LogP contribution in [0, 0.1) is 0 Å². The summed E-state index contributed by atoms with van der Waals surface area (Å²) in [6.07, 6.45) is 2.11. The minimum atomic E-state index is -0.891. The van der Waals surface area contributed by atoms with Gasteiger partial charge in [-0.05, 0) is 69.0 Å². The molecule has 252 valence electrons. The first kappa shape index (κ1) is 33.3. The van der Waals surface area contributed by atoms with Gasteiger partial charge in [0.1, 0.15) is 22.4 Å². The molecule has 52 heavy (non-hydrogen) atoms. The van der Waals surface area contributed by atoms with E-state index in [1.54, 1.807) is 0 Å². The molecule has 0 amide bonds. The Kier molecular flexibility index (Phi) is 9.22.